The fraction of sp³-hybridized carbons (Fsp3) is 0.500. The highest BCUT2D eigenvalue weighted by Gasteiger charge is 2.34. The molecule has 1 atom stereocenters. The summed E-state index contributed by atoms with van der Waals surface area (Å²) in [7, 11) is 0. The lowest BCUT2D eigenvalue weighted by atomic mass is 9.75. The summed E-state index contributed by atoms with van der Waals surface area (Å²) in [4.78, 5) is 13.2. The lowest BCUT2D eigenvalue weighted by Gasteiger charge is -2.45. The first-order valence-corrected chi connectivity index (χ1v) is 6.14. The fourth-order valence-corrected chi connectivity index (χ4v) is 3.16. The van der Waals surface area contributed by atoms with E-state index in [-0.39, 0.29) is 0 Å². The van der Waals surface area contributed by atoms with Gasteiger partial charge in [0.05, 0.1) is 0 Å². The minimum absolute atomic E-state index is 0.697. The molecule has 1 aromatic rings. The second-order valence-corrected chi connectivity index (χ2v) is 5.03. The zero-order valence-electron chi connectivity index (χ0n) is 9.43. The van der Waals surface area contributed by atoms with E-state index >= 15 is 0 Å². The van der Waals surface area contributed by atoms with Crippen LogP contribution in [0.1, 0.15) is 34.7 Å². The van der Waals surface area contributed by atoms with Gasteiger partial charge >= 0.3 is 0 Å². The lowest BCUT2D eigenvalue weighted by Crippen LogP contribution is -2.46. The van der Waals surface area contributed by atoms with Gasteiger partial charge in [-0.15, -0.1) is 0 Å². The smallest absolute Gasteiger partial charge is 0.150 e. The van der Waals surface area contributed by atoms with Crippen molar-refractivity contribution in [2.45, 2.75) is 18.8 Å². The van der Waals surface area contributed by atoms with Gasteiger partial charge in [-0.05, 0) is 43.3 Å². The van der Waals surface area contributed by atoms with Gasteiger partial charge in [-0.2, -0.15) is 0 Å². The Morgan fingerprint density at radius 2 is 1.81 bits per heavy atom. The van der Waals surface area contributed by atoms with Crippen LogP contribution >= 0.6 is 0 Å². The number of piperidine rings is 3. The maximum atomic E-state index is 10.6. The summed E-state index contributed by atoms with van der Waals surface area (Å²) in [5.41, 5.74) is 2.20. The van der Waals surface area contributed by atoms with Crippen molar-refractivity contribution < 1.29 is 4.79 Å². The van der Waals surface area contributed by atoms with Crippen LogP contribution in [0.25, 0.3) is 0 Å². The Kier molecular flexibility index (Phi) is 2.52. The van der Waals surface area contributed by atoms with E-state index in [1.165, 1.54) is 38.0 Å². The molecule has 0 spiro atoms. The molecule has 84 valence electrons. The number of hydrogen-bond donors (Lipinski definition) is 0. The highest BCUT2D eigenvalue weighted by atomic mass is 16.1. The van der Waals surface area contributed by atoms with Crippen molar-refractivity contribution in [1.29, 1.82) is 0 Å². The van der Waals surface area contributed by atoms with Crippen LogP contribution in [0, 0.1) is 5.92 Å². The molecule has 0 radical (unpaired) electrons. The largest absolute Gasteiger partial charge is 0.303 e. The average molecular weight is 215 g/mol. The number of hydrogen-bond acceptors (Lipinski definition) is 2. The topological polar surface area (TPSA) is 20.3 Å². The van der Waals surface area contributed by atoms with E-state index in [4.69, 9.17) is 0 Å². The normalized spacial score (nSPS) is 32.6. The summed E-state index contributed by atoms with van der Waals surface area (Å²) < 4.78 is 0. The third kappa shape index (κ3) is 1.67. The third-order valence-electron chi connectivity index (χ3n) is 4.16. The Balaban J connectivity index is 1.83. The number of carbonyl (C=O) groups is 1. The van der Waals surface area contributed by atoms with Gasteiger partial charge in [-0.3, -0.25) is 4.79 Å². The van der Waals surface area contributed by atoms with E-state index in [9.17, 15) is 4.79 Å². The molecule has 0 N–H and O–H groups in total. The molecule has 3 saturated heterocycles. The molecule has 0 saturated carbocycles. The first-order chi connectivity index (χ1) is 7.86. The molecule has 1 aromatic carbocycles. The summed E-state index contributed by atoms with van der Waals surface area (Å²) in [6.45, 7) is 3.78. The summed E-state index contributed by atoms with van der Waals surface area (Å²) >= 11 is 0. The third-order valence-corrected chi connectivity index (χ3v) is 4.16. The Hall–Kier alpha value is -1.15. The van der Waals surface area contributed by atoms with Crippen molar-refractivity contribution in [3.8, 4) is 0 Å². The fourth-order valence-electron chi connectivity index (χ4n) is 3.16. The van der Waals surface area contributed by atoms with Crippen LogP contribution in [0.3, 0.4) is 0 Å². The molecule has 3 aliphatic heterocycles. The molecule has 0 aliphatic carbocycles. The second kappa shape index (κ2) is 4.02. The highest BCUT2D eigenvalue weighted by Crippen LogP contribution is 2.38. The molecule has 0 aromatic heterocycles. The second-order valence-electron chi connectivity index (χ2n) is 5.03. The van der Waals surface area contributed by atoms with Crippen molar-refractivity contribution in [2.24, 2.45) is 5.92 Å². The van der Waals surface area contributed by atoms with Crippen molar-refractivity contribution in [1.82, 2.24) is 4.90 Å². The SMILES string of the molecule is O=Cc1ccc(C2CN3CCC2CC3)cc1. The van der Waals surface area contributed by atoms with Gasteiger partial charge in [-0.1, -0.05) is 24.3 Å². The number of fused-ring (bicyclic) bond motifs is 3. The van der Waals surface area contributed by atoms with Crippen LogP contribution in [0.2, 0.25) is 0 Å². The van der Waals surface area contributed by atoms with Gasteiger partial charge in [-0.25, -0.2) is 0 Å². The zero-order valence-corrected chi connectivity index (χ0v) is 9.43. The van der Waals surface area contributed by atoms with Gasteiger partial charge < -0.3 is 4.90 Å². The van der Waals surface area contributed by atoms with E-state index in [1.54, 1.807) is 0 Å². The van der Waals surface area contributed by atoms with Gasteiger partial charge in [0.25, 0.3) is 0 Å². The molecule has 3 aliphatic rings. The molecule has 16 heavy (non-hydrogen) atoms. The number of benzene rings is 1. The van der Waals surface area contributed by atoms with Gasteiger partial charge in [0.1, 0.15) is 6.29 Å². The molecule has 0 amide bonds. The predicted octanol–water partition coefficient (Wildman–Crippen LogP) is 2.31. The number of carbonyl (C=O) groups excluding carboxylic acids is 1. The van der Waals surface area contributed by atoms with E-state index in [0.29, 0.717) is 5.92 Å². The number of nitrogens with zero attached hydrogens (tertiary/aromatic N) is 1. The van der Waals surface area contributed by atoms with Crippen LogP contribution in [-0.4, -0.2) is 30.8 Å². The lowest BCUT2D eigenvalue weighted by molar-refractivity contribution is 0.0871. The van der Waals surface area contributed by atoms with Gasteiger partial charge in [0, 0.05) is 12.1 Å². The maximum Gasteiger partial charge on any atom is 0.150 e. The molecule has 2 heteroatoms. The Morgan fingerprint density at radius 1 is 1.12 bits per heavy atom. The summed E-state index contributed by atoms with van der Waals surface area (Å²) in [6.07, 6.45) is 3.61. The van der Waals surface area contributed by atoms with Crippen LogP contribution in [0.15, 0.2) is 24.3 Å². The monoisotopic (exact) mass is 215 g/mol. The Morgan fingerprint density at radius 3 is 2.31 bits per heavy atom. The minimum Gasteiger partial charge on any atom is -0.303 e. The molecular weight excluding hydrogens is 198 g/mol. The maximum absolute atomic E-state index is 10.6. The van der Waals surface area contributed by atoms with Gasteiger partial charge in [0.15, 0.2) is 0 Å². The number of rotatable bonds is 2. The quantitative estimate of drug-likeness (QED) is 0.706. The molecular formula is C14H17NO. The molecule has 2 nitrogen and oxygen atoms in total. The van der Waals surface area contributed by atoms with E-state index in [2.05, 4.69) is 17.0 Å². The van der Waals surface area contributed by atoms with Crippen molar-refractivity contribution >= 4 is 6.29 Å². The van der Waals surface area contributed by atoms with Crippen molar-refractivity contribution in [2.75, 3.05) is 19.6 Å². The molecule has 4 rings (SSSR count). The van der Waals surface area contributed by atoms with Crippen LogP contribution in [-0.2, 0) is 0 Å². The Bertz CT molecular complexity index is 376. The van der Waals surface area contributed by atoms with Crippen LogP contribution in [0.5, 0.6) is 0 Å². The number of aldehydes is 1. The Labute approximate surface area is 96.3 Å². The predicted molar refractivity (Wildman–Crippen MR) is 63.7 cm³/mol. The zero-order chi connectivity index (χ0) is 11.0. The first-order valence-electron chi connectivity index (χ1n) is 6.14. The molecule has 1 unspecified atom stereocenters. The van der Waals surface area contributed by atoms with E-state index in [1.807, 2.05) is 12.1 Å². The molecule has 3 heterocycles. The first kappa shape index (κ1) is 10.0. The molecule has 2 bridgehead atoms. The van der Waals surface area contributed by atoms with Gasteiger partial charge in [0.2, 0.25) is 0 Å². The van der Waals surface area contributed by atoms with Crippen LogP contribution < -0.4 is 0 Å². The minimum atomic E-state index is 0.697. The summed E-state index contributed by atoms with van der Waals surface area (Å²) in [5.74, 6) is 1.57. The standard InChI is InChI=1S/C14H17NO/c16-10-11-1-3-12(4-2-11)14-9-15-7-5-13(14)6-8-15/h1-4,10,13-14H,5-9H2. The van der Waals surface area contributed by atoms with E-state index < -0.39 is 0 Å². The highest BCUT2D eigenvalue weighted by molar-refractivity contribution is 5.74. The van der Waals surface area contributed by atoms with Crippen LogP contribution in [0.4, 0.5) is 0 Å². The average Bonchev–Trinajstić information content (AvgIpc) is 2.40. The molecule has 3 fully saturated rings. The van der Waals surface area contributed by atoms with Crippen molar-refractivity contribution in [3.63, 3.8) is 0 Å². The summed E-state index contributed by atoms with van der Waals surface area (Å²) in [5, 5.41) is 0. The summed E-state index contributed by atoms with van der Waals surface area (Å²) in [6, 6.07) is 8.16. The van der Waals surface area contributed by atoms with Crippen molar-refractivity contribution in [3.05, 3.63) is 35.4 Å². The van der Waals surface area contributed by atoms with E-state index in [0.717, 1.165) is 17.8 Å².